The molecule has 4 heteroatoms. The molecule has 1 fully saturated rings. The van der Waals surface area contributed by atoms with Crippen LogP contribution in [0.3, 0.4) is 0 Å². The molecule has 1 aliphatic heterocycles. The molecule has 1 aromatic carbocycles. The second kappa shape index (κ2) is 5.96. The Morgan fingerprint density at radius 3 is 2.59 bits per heavy atom. The number of hydrogen-bond acceptors (Lipinski definition) is 3. The van der Waals surface area contributed by atoms with Gasteiger partial charge in [0.25, 0.3) is 0 Å². The number of nitrogens with two attached hydrogens (primary N) is 1. The Labute approximate surface area is 111 Å². The molecule has 2 rings (SSSR count). The summed E-state index contributed by atoms with van der Waals surface area (Å²) in [6.45, 7) is 2.45. The van der Waals surface area contributed by atoms with Crippen molar-refractivity contribution in [1.29, 1.82) is 0 Å². The van der Waals surface area contributed by atoms with Gasteiger partial charge >= 0.3 is 0 Å². The molecule has 94 valence electrons. The molecule has 0 spiro atoms. The standard InChI is InChI=1S/C13H19BrN2O/c14-12-4-2-1-3-11(12)13(9-15)16-7-5-10(17)6-8-16/h1-4,10,13,17H,5-9,15H2. The first-order valence-corrected chi connectivity index (χ1v) is 6.88. The van der Waals surface area contributed by atoms with E-state index in [0.717, 1.165) is 30.4 Å². The fourth-order valence-corrected chi connectivity index (χ4v) is 2.96. The molecule has 1 atom stereocenters. The van der Waals surface area contributed by atoms with Gasteiger partial charge in [-0.2, -0.15) is 0 Å². The summed E-state index contributed by atoms with van der Waals surface area (Å²) in [4.78, 5) is 2.37. The van der Waals surface area contributed by atoms with Crippen LogP contribution in [0.5, 0.6) is 0 Å². The fourth-order valence-electron chi connectivity index (χ4n) is 2.42. The lowest BCUT2D eigenvalue weighted by Gasteiger charge is -2.36. The minimum absolute atomic E-state index is 0.135. The van der Waals surface area contributed by atoms with E-state index in [2.05, 4.69) is 33.0 Å². The molecule has 0 radical (unpaired) electrons. The van der Waals surface area contributed by atoms with Gasteiger partial charge in [-0.15, -0.1) is 0 Å². The lowest BCUT2D eigenvalue weighted by Crippen LogP contribution is -2.41. The SMILES string of the molecule is NCC(c1ccccc1Br)N1CCC(O)CC1. The van der Waals surface area contributed by atoms with Gasteiger partial charge in [0.05, 0.1) is 6.10 Å². The van der Waals surface area contributed by atoms with Crippen molar-refractivity contribution < 1.29 is 5.11 Å². The second-order valence-electron chi connectivity index (χ2n) is 4.54. The third kappa shape index (κ3) is 3.07. The molecule has 17 heavy (non-hydrogen) atoms. The number of likely N-dealkylation sites (tertiary alicyclic amines) is 1. The Morgan fingerprint density at radius 1 is 1.35 bits per heavy atom. The molecule has 1 heterocycles. The molecule has 0 bridgehead atoms. The molecule has 1 aromatic rings. The Kier molecular flexibility index (Phi) is 4.56. The smallest absolute Gasteiger partial charge is 0.0564 e. The number of nitrogens with zero attached hydrogens (tertiary/aromatic N) is 1. The van der Waals surface area contributed by atoms with Gasteiger partial charge in [0.15, 0.2) is 0 Å². The summed E-state index contributed by atoms with van der Waals surface area (Å²) in [7, 11) is 0. The van der Waals surface area contributed by atoms with E-state index in [1.807, 2.05) is 12.1 Å². The van der Waals surface area contributed by atoms with Gasteiger partial charge in [-0.25, -0.2) is 0 Å². The minimum Gasteiger partial charge on any atom is -0.393 e. The van der Waals surface area contributed by atoms with Crippen LogP contribution in [0.25, 0.3) is 0 Å². The Bertz CT molecular complexity index is 364. The van der Waals surface area contributed by atoms with Crippen molar-refractivity contribution in [1.82, 2.24) is 4.90 Å². The third-order valence-electron chi connectivity index (χ3n) is 3.43. The van der Waals surface area contributed by atoms with Crippen LogP contribution in [0, 0.1) is 0 Å². The zero-order valence-electron chi connectivity index (χ0n) is 9.85. The van der Waals surface area contributed by atoms with Crippen LogP contribution in [-0.2, 0) is 0 Å². The first-order valence-electron chi connectivity index (χ1n) is 6.09. The van der Waals surface area contributed by atoms with E-state index < -0.39 is 0 Å². The average molecular weight is 299 g/mol. The van der Waals surface area contributed by atoms with Crippen molar-refractivity contribution >= 4 is 15.9 Å². The maximum absolute atomic E-state index is 9.54. The highest BCUT2D eigenvalue weighted by Crippen LogP contribution is 2.29. The van der Waals surface area contributed by atoms with Gasteiger partial charge in [0.1, 0.15) is 0 Å². The molecular weight excluding hydrogens is 280 g/mol. The predicted molar refractivity (Wildman–Crippen MR) is 72.8 cm³/mol. The van der Waals surface area contributed by atoms with Crippen LogP contribution in [0.2, 0.25) is 0 Å². The van der Waals surface area contributed by atoms with Crippen LogP contribution in [0.4, 0.5) is 0 Å². The monoisotopic (exact) mass is 298 g/mol. The molecule has 0 aliphatic carbocycles. The zero-order chi connectivity index (χ0) is 12.3. The number of aliphatic hydroxyl groups is 1. The Hall–Kier alpha value is -0.420. The number of benzene rings is 1. The molecule has 0 saturated carbocycles. The normalized spacial score (nSPS) is 20.4. The summed E-state index contributed by atoms with van der Waals surface area (Å²) in [5, 5.41) is 9.54. The van der Waals surface area contributed by atoms with Crippen molar-refractivity contribution in [3.8, 4) is 0 Å². The maximum atomic E-state index is 9.54. The summed E-state index contributed by atoms with van der Waals surface area (Å²) in [6, 6.07) is 8.48. The summed E-state index contributed by atoms with van der Waals surface area (Å²) < 4.78 is 1.11. The van der Waals surface area contributed by atoms with Crippen LogP contribution in [0.15, 0.2) is 28.7 Å². The molecular formula is C13H19BrN2O. The van der Waals surface area contributed by atoms with E-state index in [1.165, 1.54) is 5.56 Å². The van der Waals surface area contributed by atoms with Crippen molar-refractivity contribution in [3.05, 3.63) is 34.3 Å². The van der Waals surface area contributed by atoms with Gasteiger partial charge in [-0.3, -0.25) is 4.90 Å². The molecule has 0 aromatic heterocycles. The number of piperidine rings is 1. The molecule has 1 unspecified atom stereocenters. The van der Waals surface area contributed by atoms with E-state index >= 15 is 0 Å². The van der Waals surface area contributed by atoms with Gasteiger partial charge in [-0.05, 0) is 24.5 Å². The lowest BCUT2D eigenvalue weighted by molar-refractivity contribution is 0.0620. The van der Waals surface area contributed by atoms with Crippen molar-refractivity contribution in [2.24, 2.45) is 5.73 Å². The topological polar surface area (TPSA) is 49.5 Å². The molecule has 1 saturated heterocycles. The number of rotatable bonds is 3. The van der Waals surface area contributed by atoms with Gasteiger partial charge in [-0.1, -0.05) is 34.1 Å². The summed E-state index contributed by atoms with van der Waals surface area (Å²) in [6.07, 6.45) is 1.56. The lowest BCUT2D eigenvalue weighted by atomic mass is 10.0. The van der Waals surface area contributed by atoms with Crippen LogP contribution < -0.4 is 5.73 Å². The highest BCUT2D eigenvalue weighted by molar-refractivity contribution is 9.10. The highest BCUT2D eigenvalue weighted by Gasteiger charge is 2.25. The second-order valence-corrected chi connectivity index (χ2v) is 5.39. The molecule has 3 nitrogen and oxygen atoms in total. The molecule has 3 N–H and O–H groups in total. The highest BCUT2D eigenvalue weighted by atomic mass is 79.9. The van der Waals surface area contributed by atoms with Gasteiger partial charge in [0.2, 0.25) is 0 Å². The molecule has 1 aliphatic rings. The van der Waals surface area contributed by atoms with E-state index in [9.17, 15) is 5.11 Å². The summed E-state index contributed by atoms with van der Waals surface area (Å²) >= 11 is 3.58. The van der Waals surface area contributed by atoms with E-state index in [4.69, 9.17) is 5.73 Å². The fraction of sp³-hybridized carbons (Fsp3) is 0.538. The predicted octanol–water partition coefficient (Wildman–Crippen LogP) is 1.91. The first kappa shape index (κ1) is 13.0. The quantitative estimate of drug-likeness (QED) is 0.896. The first-order chi connectivity index (χ1) is 8.22. The summed E-state index contributed by atoms with van der Waals surface area (Å²) in [5.41, 5.74) is 7.16. The maximum Gasteiger partial charge on any atom is 0.0564 e. The van der Waals surface area contributed by atoms with Crippen molar-refractivity contribution in [3.63, 3.8) is 0 Å². The number of hydrogen-bond donors (Lipinski definition) is 2. The largest absolute Gasteiger partial charge is 0.393 e. The van der Waals surface area contributed by atoms with E-state index in [0.29, 0.717) is 6.54 Å². The van der Waals surface area contributed by atoms with Crippen LogP contribution in [0.1, 0.15) is 24.4 Å². The van der Waals surface area contributed by atoms with Crippen LogP contribution >= 0.6 is 15.9 Å². The van der Waals surface area contributed by atoms with E-state index in [-0.39, 0.29) is 12.1 Å². The van der Waals surface area contributed by atoms with Crippen LogP contribution in [-0.4, -0.2) is 35.7 Å². The van der Waals surface area contributed by atoms with Gasteiger partial charge in [0, 0.05) is 30.1 Å². The van der Waals surface area contributed by atoms with E-state index in [1.54, 1.807) is 0 Å². The average Bonchev–Trinajstić information content (AvgIpc) is 2.35. The van der Waals surface area contributed by atoms with Crippen molar-refractivity contribution in [2.75, 3.05) is 19.6 Å². The Morgan fingerprint density at radius 2 is 2.00 bits per heavy atom. The molecule has 0 amide bonds. The minimum atomic E-state index is -0.135. The number of aliphatic hydroxyl groups excluding tert-OH is 1. The summed E-state index contributed by atoms with van der Waals surface area (Å²) in [5.74, 6) is 0. The zero-order valence-corrected chi connectivity index (χ0v) is 11.4. The number of halogens is 1. The van der Waals surface area contributed by atoms with Gasteiger partial charge < -0.3 is 10.8 Å². The van der Waals surface area contributed by atoms with Crippen molar-refractivity contribution in [2.45, 2.75) is 25.0 Å². The third-order valence-corrected chi connectivity index (χ3v) is 4.15. The Balaban J connectivity index is 2.14.